The fraction of sp³-hybridized carbons (Fsp3) is 0.185. The second-order valence-electron chi connectivity index (χ2n) is 8.15. The molecule has 1 heterocycles. The monoisotopic (exact) mass is 511 g/mol. The summed E-state index contributed by atoms with van der Waals surface area (Å²) in [4.78, 5) is 28.3. The van der Waals surface area contributed by atoms with E-state index >= 15 is 0 Å². The van der Waals surface area contributed by atoms with Crippen LogP contribution in [0.25, 0.3) is 5.76 Å². The summed E-state index contributed by atoms with van der Waals surface area (Å²) in [5.41, 5.74) is 3.00. The Bertz CT molecular complexity index is 1380. The standard InChI is InChI=1S/C27H23Cl2NO5/c1-14-9-10-17(11-15(14)2)30-23(18-7-5-6-8-21(18)34-3)22(25(32)27(30)33)24(31)19-12-16(28)13-20(29)26(19)35-4/h5-13,23,31H,1-4H3/b24-22+. The molecular weight excluding hydrogens is 489 g/mol. The molecule has 0 radical (unpaired) electrons. The van der Waals surface area contributed by atoms with Crippen LogP contribution in [0.4, 0.5) is 5.69 Å². The topological polar surface area (TPSA) is 76.1 Å². The summed E-state index contributed by atoms with van der Waals surface area (Å²) >= 11 is 12.5. The highest BCUT2D eigenvalue weighted by Gasteiger charge is 2.48. The number of carbonyl (C=O) groups is 2. The van der Waals surface area contributed by atoms with Gasteiger partial charge in [0.1, 0.15) is 17.3 Å². The van der Waals surface area contributed by atoms with E-state index in [1.807, 2.05) is 26.0 Å². The Hall–Kier alpha value is -3.48. The van der Waals surface area contributed by atoms with Gasteiger partial charge in [-0.05, 0) is 55.3 Å². The van der Waals surface area contributed by atoms with Gasteiger partial charge in [-0.15, -0.1) is 0 Å². The van der Waals surface area contributed by atoms with Crippen LogP contribution in [-0.4, -0.2) is 31.0 Å². The van der Waals surface area contributed by atoms with Gasteiger partial charge >= 0.3 is 0 Å². The molecule has 0 aromatic heterocycles. The fourth-order valence-corrected chi connectivity index (χ4v) is 4.82. The summed E-state index contributed by atoms with van der Waals surface area (Å²) in [7, 11) is 2.89. The van der Waals surface area contributed by atoms with Gasteiger partial charge in [0.25, 0.3) is 11.7 Å². The highest BCUT2D eigenvalue weighted by atomic mass is 35.5. The van der Waals surface area contributed by atoms with Gasteiger partial charge < -0.3 is 14.6 Å². The zero-order valence-corrected chi connectivity index (χ0v) is 21.1. The van der Waals surface area contributed by atoms with E-state index in [4.69, 9.17) is 32.7 Å². The Morgan fingerprint density at radius 2 is 1.66 bits per heavy atom. The third-order valence-electron chi connectivity index (χ3n) is 6.11. The van der Waals surface area contributed by atoms with Crippen molar-refractivity contribution in [3.63, 3.8) is 0 Å². The van der Waals surface area contributed by atoms with Crippen molar-refractivity contribution in [1.29, 1.82) is 0 Å². The van der Waals surface area contributed by atoms with Crippen LogP contribution in [0.15, 0.2) is 60.2 Å². The molecule has 0 bridgehead atoms. The van der Waals surface area contributed by atoms with Crippen LogP contribution in [-0.2, 0) is 9.59 Å². The number of aliphatic hydroxyl groups excluding tert-OH is 1. The first-order valence-corrected chi connectivity index (χ1v) is 11.5. The molecular formula is C27H23Cl2NO5. The Balaban J connectivity index is 2.05. The summed E-state index contributed by atoms with van der Waals surface area (Å²) in [5, 5.41) is 11.9. The number of methoxy groups -OCH3 is 2. The van der Waals surface area contributed by atoms with Crippen LogP contribution in [0.5, 0.6) is 11.5 Å². The SMILES string of the molecule is COc1ccccc1C1/C(=C(\O)c2cc(Cl)cc(Cl)c2OC)C(=O)C(=O)N1c1ccc(C)c(C)c1. The van der Waals surface area contributed by atoms with Crippen LogP contribution >= 0.6 is 23.2 Å². The number of halogens is 2. The van der Waals surface area contributed by atoms with Crippen molar-refractivity contribution in [2.45, 2.75) is 19.9 Å². The second-order valence-corrected chi connectivity index (χ2v) is 8.99. The van der Waals surface area contributed by atoms with E-state index in [1.165, 1.54) is 31.3 Å². The van der Waals surface area contributed by atoms with Gasteiger partial charge in [0.2, 0.25) is 0 Å². The second kappa shape index (κ2) is 9.64. The van der Waals surface area contributed by atoms with Crippen LogP contribution in [0.3, 0.4) is 0 Å². The molecule has 1 aliphatic rings. The van der Waals surface area contributed by atoms with E-state index in [9.17, 15) is 14.7 Å². The molecule has 35 heavy (non-hydrogen) atoms. The molecule has 8 heteroatoms. The van der Waals surface area contributed by atoms with E-state index in [1.54, 1.807) is 30.3 Å². The first-order chi connectivity index (χ1) is 16.7. The first kappa shape index (κ1) is 24.6. The van der Waals surface area contributed by atoms with Crippen molar-refractivity contribution < 1.29 is 24.2 Å². The van der Waals surface area contributed by atoms with Crippen molar-refractivity contribution in [1.82, 2.24) is 0 Å². The Morgan fingerprint density at radius 3 is 2.31 bits per heavy atom. The van der Waals surface area contributed by atoms with E-state index in [2.05, 4.69) is 0 Å². The molecule has 1 atom stereocenters. The number of amides is 1. The molecule has 180 valence electrons. The lowest BCUT2D eigenvalue weighted by Gasteiger charge is -2.27. The quantitative estimate of drug-likeness (QED) is 0.248. The molecule has 6 nitrogen and oxygen atoms in total. The lowest BCUT2D eigenvalue weighted by molar-refractivity contribution is -0.132. The number of para-hydroxylation sites is 1. The number of aryl methyl sites for hydroxylation is 2. The van der Waals surface area contributed by atoms with Gasteiger partial charge in [-0.25, -0.2) is 0 Å². The maximum Gasteiger partial charge on any atom is 0.300 e. The number of aliphatic hydroxyl groups is 1. The van der Waals surface area contributed by atoms with E-state index in [0.717, 1.165) is 11.1 Å². The maximum absolute atomic E-state index is 13.5. The number of nitrogens with zero attached hydrogens (tertiary/aromatic N) is 1. The number of anilines is 1. The zero-order valence-electron chi connectivity index (χ0n) is 19.6. The normalized spacial score (nSPS) is 17.1. The minimum Gasteiger partial charge on any atom is -0.507 e. The van der Waals surface area contributed by atoms with Crippen LogP contribution in [0.2, 0.25) is 10.0 Å². The summed E-state index contributed by atoms with van der Waals surface area (Å²) in [6.07, 6.45) is 0. The van der Waals surface area contributed by atoms with E-state index < -0.39 is 23.5 Å². The number of hydrogen-bond acceptors (Lipinski definition) is 5. The lowest BCUT2D eigenvalue weighted by atomic mass is 9.94. The van der Waals surface area contributed by atoms with Crippen molar-refractivity contribution in [3.8, 4) is 11.5 Å². The van der Waals surface area contributed by atoms with Gasteiger partial charge in [-0.2, -0.15) is 0 Å². The Morgan fingerprint density at radius 1 is 0.943 bits per heavy atom. The highest BCUT2D eigenvalue weighted by Crippen LogP contribution is 2.47. The minimum absolute atomic E-state index is 0.1000. The summed E-state index contributed by atoms with van der Waals surface area (Å²) in [5.74, 6) is -1.50. The summed E-state index contributed by atoms with van der Waals surface area (Å²) in [6, 6.07) is 14.4. The van der Waals surface area contributed by atoms with Gasteiger partial charge in [0, 0.05) is 16.3 Å². The Kier molecular flexibility index (Phi) is 6.79. The average Bonchev–Trinajstić information content (AvgIpc) is 3.10. The van der Waals surface area contributed by atoms with Crippen LogP contribution < -0.4 is 14.4 Å². The molecule has 3 aromatic rings. The molecule has 1 unspecified atom stereocenters. The zero-order chi connectivity index (χ0) is 25.4. The predicted octanol–water partition coefficient (Wildman–Crippen LogP) is 6.25. The number of ketones is 1. The maximum atomic E-state index is 13.5. The number of rotatable bonds is 5. The Labute approximate surface area is 213 Å². The molecule has 0 spiro atoms. The molecule has 3 aromatic carbocycles. The number of hydrogen-bond donors (Lipinski definition) is 1. The minimum atomic E-state index is -0.976. The van der Waals surface area contributed by atoms with Crippen LogP contribution in [0.1, 0.15) is 28.3 Å². The number of carbonyl (C=O) groups excluding carboxylic acids is 2. The molecule has 1 N–H and O–H groups in total. The van der Waals surface area contributed by atoms with Crippen LogP contribution in [0, 0.1) is 13.8 Å². The fourth-order valence-electron chi connectivity index (χ4n) is 4.25. The van der Waals surface area contributed by atoms with Gasteiger partial charge in [0.15, 0.2) is 0 Å². The molecule has 1 aliphatic heterocycles. The highest BCUT2D eigenvalue weighted by molar-refractivity contribution is 6.52. The predicted molar refractivity (Wildman–Crippen MR) is 137 cm³/mol. The van der Waals surface area contributed by atoms with E-state index in [-0.39, 0.29) is 26.9 Å². The molecule has 4 rings (SSSR count). The average molecular weight is 512 g/mol. The molecule has 1 fully saturated rings. The van der Waals surface area contributed by atoms with Gasteiger partial charge in [0.05, 0.1) is 36.4 Å². The largest absolute Gasteiger partial charge is 0.507 e. The molecule has 0 aliphatic carbocycles. The smallest absolute Gasteiger partial charge is 0.300 e. The first-order valence-electron chi connectivity index (χ1n) is 10.7. The van der Waals surface area contributed by atoms with Crippen molar-refractivity contribution in [2.75, 3.05) is 19.1 Å². The van der Waals surface area contributed by atoms with E-state index in [0.29, 0.717) is 17.0 Å². The third-order valence-corrected chi connectivity index (χ3v) is 6.61. The molecule has 1 amide bonds. The number of benzene rings is 3. The third kappa shape index (κ3) is 4.24. The number of Topliss-reactive ketones (excluding diaryl/α,β-unsaturated/α-hetero) is 1. The summed E-state index contributed by atoms with van der Waals surface area (Å²) < 4.78 is 10.9. The lowest BCUT2D eigenvalue weighted by Crippen LogP contribution is -2.29. The van der Waals surface area contributed by atoms with Crippen molar-refractivity contribution in [2.24, 2.45) is 0 Å². The van der Waals surface area contributed by atoms with Gasteiger partial charge in [-0.1, -0.05) is 47.5 Å². The van der Waals surface area contributed by atoms with Crippen molar-refractivity contribution in [3.05, 3.63) is 92.5 Å². The summed E-state index contributed by atoms with van der Waals surface area (Å²) in [6.45, 7) is 3.88. The van der Waals surface area contributed by atoms with Gasteiger partial charge in [-0.3, -0.25) is 14.5 Å². The van der Waals surface area contributed by atoms with Crippen molar-refractivity contribution >= 4 is 46.3 Å². The molecule has 1 saturated heterocycles. The molecule has 0 saturated carbocycles. The number of ether oxygens (including phenoxy) is 2.